The van der Waals surface area contributed by atoms with Crippen LogP contribution in [0.4, 0.5) is 4.79 Å². The zero-order chi connectivity index (χ0) is 15.7. The van der Waals surface area contributed by atoms with Crippen molar-refractivity contribution in [3.8, 4) is 0 Å². The summed E-state index contributed by atoms with van der Waals surface area (Å²) in [5, 5.41) is 11.4. The first-order chi connectivity index (χ1) is 10.0. The number of benzene rings is 1. The van der Waals surface area contributed by atoms with Gasteiger partial charge in [0.05, 0.1) is 6.61 Å². The summed E-state index contributed by atoms with van der Waals surface area (Å²) in [4.78, 5) is 23.3. The Hall–Kier alpha value is -2.12. The van der Waals surface area contributed by atoms with E-state index in [1.165, 1.54) is 0 Å². The van der Waals surface area contributed by atoms with Gasteiger partial charge in [0.1, 0.15) is 12.6 Å². The minimum Gasteiger partial charge on any atom is -0.445 e. The molecule has 0 aliphatic carbocycles. The van der Waals surface area contributed by atoms with Crippen molar-refractivity contribution in [1.82, 2.24) is 16.2 Å². The van der Waals surface area contributed by atoms with Gasteiger partial charge in [-0.05, 0) is 19.4 Å². The molecule has 21 heavy (non-hydrogen) atoms. The van der Waals surface area contributed by atoms with Crippen molar-refractivity contribution in [2.45, 2.75) is 32.5 Å². The molecule has 1 unspecified atom stereocenters. The van der Waals surface area contributed by atoms with Gasteiger partial charge in [0, 0.05) is 6.04 Å². The van der Waals surface area contributed by atoms with Gasteiger partial charge in [0.2, 0.25) is 0 Å². The van der Waals surface area contributed by atoms with Gasteiger partial charge in [-0.3, -0.25) is 10.2 Å². The van der Waals surface area contributed by atoms with Gasteiger partial charge in [-0.2, -0.15) is 0 Å². The largest absolute Gasteiger partial charge is 0.445 e. The fraction of sp³-hybridized carbons (Fsp3) is 0.429. The molecular weight excluding hydrogens is 274 g/mol. The maximum absolute atomic E-state index is 11.7. The van der Waals surface area contributed by atoms with E-state index in [0.717, 1.165) is 5.56 Å². The number of rotatable bonds is 7. The van der Waals surface area contributed by atoms with Crippen LogP contribution in [0.3, 0.4) is 0 Å². The monoisotopic (exact) mass is 295 g/mol. The van der Waals surface area contributed by atoms with E-state index in [9.17, 15) is 9.59 Å². The molecule has 0 aromatic heterocycles. The number of ether oxygens (including phenoxy) is 1. The number of hydrazine groups is 1. The predicted octanol–water partition coefficient (Wildman–Crippen LogP) is 0.303. The normalized spacial score (nSPS) is 11.8. The van der Waals surface area contributed by atoms with Gasteiger partial charge in [0.25, 0.3) is 5.91 Å². The number of alkyl carbamates (subject to hydrolysis) is 1. The molecule has 0 saturated carbocycles. The van der Waals surface area contributed by atoms with Gasteiger partial charge in [-0.1, -0.05) is 30.3 Å². The maximum atomic E-state index is 11.7. The highest BCUT2D eigenvalue weighted by molar-refractivity contribution is 5.85. The van der Waals surface area contributed by atoms with Gasteiger partial charge in [-0.25, -0.2) is 10.2 Å². The molecule has 2 amide bonds. The van der Waals surface area contributed by atoms with Crippen molar-refractivity contribution >= 4 is 12.0 Å². The van der Waals surface area contributed by atoms with Crippen molar-refractivity contribution < 1.29 is 19.4 Å². The molecule has 0 bridgehead atoms. The van der Waals surface area contributed by atoms with E-state index in [0.29, 0.717) is 0 Å². The first-order valence-electron chi connectivity index (χ1n) is 6.66. The van der Waals surface area contributed by atoms with Crippen LogP contribution in [0.1, 0.15) is 19.4 Å². The second-order valence-corrected chi connectivity index (χ2v) is 4.73. The molecule has 1 atom stereocenters. The van der Waals surface area contributed by atoms with Crippen LogP contribution < -0.4 is 16.2 Å². The zero-order valence-electron chi connectivity index (χ0n) is 12.1. The molecule has 0 fully saturated rings. The zero-order valence-corrected chi connectivity index (χ0v) is 12.1. The van der Waals surface area contributed by atoms with E-state index >= 15 is 0 Å². The van der Waals surface area contributed by atoms with Crippen molar-refractivity contribution in [2.75, 3.05) is 6.61 Å². The topological polar surface area (TPSA) is 99.7 Å². The molecule has 7 heteroatoms. The third-order valence-corrected chi connectivity index (χ3v) is 2.49. The number of amides is 2. The first-order valence-corrected chi connectivity index (χ1v) is 6.66. The third kappa shape index (κ3) is 6.73. The van der Waals surface area contributed by atoms with E-state index in [1.807, 2.05) is 44.2 Å². The molecule has 1 aromatic rings. The highest BCUT2D eigenvalue weighted by Crippen LogP contribution is 2.00. The van der Waals surface area contributed by atoms with Crippen LogP contribution in [0, 0.1) is 0 Å². The Balaban J connectivity index is 2.38. The SMILES string of the molecule is CC(C)NNC(=O)C(CO)NC(=O)OCc1ccccc1. The summed E-state index contributed by atoms with van der Waals surface area (Å²) in [5.74, 6) is -0.539. The fourth-order valence-corrected chi connectivity index (χ4v) is 1.40. The van der Waals surface area contributed by atoms with E-state index in [4.69, 9.17) is 9.84 Å². The number of hydrogen-bond acceptors (Lipinski definition) is 5. The summed E-state index contributed by atoms with van der Waals surface area (Å²) < 4.78 is 4.97. The van der Waals surface area contributed by atoms with E-state index in [-0.39, 0.29) is 12.6 Å². The summed E-state index contributed by atoms with van der Waals surface area (Å²) in [5.41, 5.74) is 5.91. The first kappa shape index (κ1) is 16.9. The summed E-state index contributed by atoms with van der Waals surface area (Å²) >= 11 is 0. The number of aliphatic hydroxyl groups is 1. The second kappa shape index (κ2) is 8.93. The Morgan fingerprint density at radius 1 is 1.24 bits per heavy atom. The Labute approximate surface area is 123 Å². The number of nitrogens with one attached hydrogen (secondary N) is 3. The minimum absolute atomic E-state index is 0.0401. The number of carbonyl (C=O) groups is 2. The molecule has 0 heterocycles. The third-order valence-electron chi connectivity index (χ3n) is 2.49. The summed E-state index contributed by atoms with van der Waals surface area (Å²) in [6.45, 7) is 3.26. The highest BCUT2D eigenvalue weighted by atomic mass is 16.5. The lowest BCUT2D eigenvalue weighted by molar-refractivity contribution is -0.125. The van der Waals surface area contributed by atoms with Crippen molar-refractivity contribution in [1.29, 1.82) is 0 Å². The van der Waals surface area contributed by atoms with E-state index in [2.05, 4.69) is 16.2 Å². The molecule has 0 aliphatic heterocycles. The molecule has 1 rings (SSSR count). The molecule has 1 aromatic carbocycles. The Morgan fingerprint density at radius 2 is 1.90 bits per heavy atom. The number of aliphatic hydroxyl groups excluding tert-OH is 1. The van der Waals surface area contributed by atoms with Gasteiger partial charge >= 0.3 is 6.09 Å². The van der Waals surface area contributed by atoms with Crippen LogP contribution in [-0.2, 0) is 16.1 Å². The number of hydrogen-bond donors (Lipinski definition) is 4. The fourth-order valence-electron chi connectivity index (χ4n) is 1.40. The van der Waals surface area contributed by atoms with Crippen molar-refractivity contribution in [2.24, 2.45) is 0 Å². The molecule has 7 nitrogen and oxygen atoms in total. The van der Waals surface area contributed by atoms with Gasteiger partial charge in [0.15, 0.2) is 0 Å². The Kier molecular flexibility index (Phi) is 7.20. The van der Waals surface area contributed by atoms with Crippen molar-refractivity contribution in [3.63, 3.8) is 0 Å². The lowest BCUT2D eigenvalue weighted by atomic mass is 10.2. The van der Waals surface area contributed by atoms with Gasteiger partial charge in [-0.15, -0.1) is 0 Å². The summed E-state index contributed by atoms with van der Waals surface area (Å²) in [7, 11) is 0. The van der Waals surface area contributed by atoms with Crippen LogP contribution in [0.15, 0.2) is 30.3 Å². The molecular formula is C14H21N3O4. The van der Waals surface area contributed by atoms with Crippen LogP contribution in [0.5, 0.6) is 0 Å². The molecule has 4 N–H and O–H groups in total. The molecule has 0 spiro atoms. The van der Waals surface area contributed by atoms with Crippen LogP contribution in [-0.4, -0.2) is 35.8 Å². The van der Waals surface area contributed by atoms with E-state index in [1.54, 1.807) is 0 Å². The average Bonchev–Trinajstić information content (AvgIpc) is 2.49. The summed E-state index contributed by atoms with van der Waals surface area (Å²) in [6, 6.07) is 8.12. The maximum Gasteiger partial charge on any atom is 0.408 e. The quantitative estimate of drug-likeness (QED) is 0.542. The molecule has 0 aliphatic rings. The van der Waals surface area contributed by atoms with Crippen LogP contribution >= 0.6 is 0 Å². The summed E-state index contributed by atoms with van der Waals surface area (Å²) in [6.07, 6.45) is -0.766. The van der Waals surface area contributed by atoms with Crippen molar-refractivity contribution in [3.05, 3.63) is 35.9 Å². The lowest BCUT2D eigenvalue weighted by Gasteiger charge is -2.17. The van der Waals surface area contributed by atoms with Crippen LogP contribution in [0.25, 0.3) is 0 Å². The Morgan fingerprint density at radius 3 is 2.48 bits per heavy atom. The smallest absolute Gasteiger partial charge is 0.408 e. The predicted molar refractivity (Wildman–Crippen MR) is 77.1 cm³/mol. The Bertz CT molecular complexity index is 451. The molecule has 116 valence electrons. The van der Waals surface area contributed by atoms with Crippen LogP contribution in [0.2, 0.25) is 0 Å². The number of carbonyl (C=O) groups excluding carboxylic acids is 2. The molecule has 0 radical (unpaired) electrons. The second-order valence-electron chi connectivity index (χ2n) is 4.73. The van der Waals surface area contributed by atoms with E-state index < -0.39 is 24.6 Å². The minimum atomic E-state index is -1.07. The van der Waals surface area contributed by atoms with Gasteiger partial charge < -0.3 is 15.2 Å². The average molecular weight is 295 g/mol. The lowest BCUT2D eigenvalue weighted by Crippen LogP contribution is -2.53. The highest BCUT2D eigenvalue weighted by Gasteiger charge is 2.20. The molecule has 0 saturated heterocycles. The standard InChI is InChI=1S/C14H21N3O4/c1-10(2)16-17-13(19)12(8-18)15-14(20)21-9-11-6-4-3-5-7-11/h3-7,10,12,16,18H,8-9H2,1-2H3,(H,15,20)(H,17,19).